The van der Waals surface area contributed by atoms with Gasteiger partial charge in [0.2, 0.25) is 0 Å². The predicted molar refractivity (Wildman–Crippen MR) is 126 cm³/mol. The Balaban J connectivity index is 1.33. The van der Waals surface area contributed by atoms with Gasteiger partial charge in [0.25, 0.3) is 11.8 Å². The summed E-state index contributed by atoms with van der Waals surface area (Å²) in [5, 5.41) is 23.4. The van der Waals surface area contributed by atoms with E-state index in [0.29, 0.717) is 6.54 Å². The summed E-state index contributed by atoms with van der Waals surface area (Å²) >= 11 is 0. The molecule has 3 aromatic carbocycles. The largest absolute Gasteiger partial charge is 0.380 e. The molecule has 0 saturated carbocycles. The van der Waals surface area contributed by atoms with Gasteiger partial charge in [-0.2, -0.15) is 0 Å². The Labute approximate surface area is 193 Å². The zero-order chi connectivity index (χ0) is 23.2. The summed E-state index contributed by atoms with van der Waals surface area (Å²) in [7, 11) is 0. The van der Waals surface area contributed by atoms with Gasteiger partial charge in [-0.1, -0.05) is 84.9 Å². The van der Waals surface area contributed by atoms with Crippen LogP contribution in [0.25, 0.3) is 11.1 Å². The van der Waals surface area contributed by atoms with Crippen LogP contribution >= 0.6 is 0 Å². The lowest BCUT2D eigenvalue weighted by molar-refractivity contribution is -0.153. The zero-order valence-corrected chi connectivity index (χ0v) is 18.3. The van der Waals surface area contributed by atoms with Crippen LogP contribution in [-0.4, -0.2) is 45.7 Å². The molecule has 1 saturated heterocycles. The van der Waals surface area contributed by atoms with E-state index in [9.17, 15) is 19.8 Å². The molecule has 3 atom stereocenters. The first-order chi connectivity index (χ1) is 16.0. The highest BCUT2D eigenvalue weighted by molar-refractivity contribution is 5.91. The Morgan fingerprint density at radius 3 is 2.12 bits per heavy atom. The molecule has 6 nitrogen and oxygen atoms in total. The molecule has 4 rings (SSSR count). The SMILES string of the molecule is O=C(NCc1ccc(-c2ccccc2)cc1)[C@H](O)[C@@H](O)C(=O)N1CCC[C@@H]1c1ccccc1. The normalized spacial score (nSPS) is 17.4. The van der Waals surface area contributed by atoms with Crippen LogP contribution in [-0.2, 0) is 16.1 Å². The maximum atomic E-state index is 12.9. The van der Waals surface area contributed by atoms with Crippen LogP contribution in [0.5, 0.6) is 0 Å². The molecule has 0 aromatic heterocycles. The van der Waals surface area contributed by atoms with Crippen LogP contribution in [0.2, 0.25) is 0 Å². The summed E-state index contributed by atoms with van der Waals surface area (Å²) in [6.07, 6.45) is -2.06. The molecule has 0 aliphatic carbocycles. The number of carbonyl (C=O) groups is 2. The number of rotatable bonds is 7. The highest BCUT2D eigenvalue weighted by Gasteiger charge is 2.38. The van der Waals surface area contributed by atoms with Crippen molar-refractivity contribution in [1.29, 1.82) is 0 Å². The lowest BCUT2D eigenvalue weighted by Crippen LogP contribution is -2.50. The van der Waals surface area contributed by atoms with Gasteiger partial charge in [0.1, 0.15) is 0 Å². The summed E-state index contributed by atoms with van der Waals surface area (Å²) in [4.78, 5) is 26.8. The molecule has 1 fully saturated rings. The summed E-state index contributed by atoms with van der Waals surface area (Å²) < 4.78 is 0. The second-order valence-corrected chi connectivity index (χ2v) is 8.27. The molecule has 170 valence electrons. The Hall–Kier alpha value is -3.48. The van der Waals surface area contributed by atoms with Crippen LogP contribution in [0.3, 0.4) is 0 Å². The number of nitrogens with one attached hydrogen (secondary N) is 1. The summed E-state index contributed by atoms with van der Waals surface area (Å²) in [6.45, 7) is 0.666. The van der Waals surface area contributed by atoms with Gasteiger partial charge in [-0.3, -0.25) is 9.59 Å². The van der Waals surface area contributed by atoms with Crippen LogP contribution in [0, 0.1) is 0 Å². The third-order valence-electron chi connectivity index (χ3n) is 6.07. The fourth-order valence-electron chi connectivity index (χ4n) is 4.24. The van der Waals surface area contributed by atoms with E-state index in [1.54, 1.807) is 4.90 Å². The van der Waals surface area contributed by atoms with E-state index in [-0.39, 0.29) is 12.6 Å². The van der Waals surface area contributed by atoms with Crippen molar-refractivity contribution in [3.8, 4) is 11.1 Å². The molecule has 2 amide bonds. The lowest BCUT2D eigenvalue weighted by atomic mass is 10.0. The van der Waals surface area contributed by atoms with E-state index >= 15 is 0 Å². The molecule has 1 aliphatic heterocycles. The summed E-state index contributed by atoms with van der Waals surface area (Å²) in [6, 6.07) is 27.1. The van der Waals surface area contributed by atoms with Gasteiger partial charge < -0.3 is 20.4 Å². The van der Waals surface area contributed by atoms with Crippen molar-refractivity contribution in [2.45, 2.75) is 37.6 Å². The van der Waals surface area contributed by atoms with Gasteiger partial charge in [-0.05, 0) is 35.1 Å². The lowest BCUT2D eigenvalue weighted by Gasteiger charge is -2.28. The van der Waals surface area contributed by atoms with Crippen molar-refractivity contribution >= 4 is 11.8 Å². The molecular weight excluding hydrogens is 416 g/mol. The maximum absolute atomic E-state index is 12.9. The molecule has 1 aliphatic rings. The first-order valence-electron chi connectivity index (χ1n) is 11.2. The van der Waals surface area contributed by atoms with Gasteiger partial charge in [-0.15, -0.1) is 0 Å². The molecule has 3 aromatic rings. The van der Waals surface area contributed by atoms with E-state index in [2.05, 4.69) is 5.32 Å². The van der Waals surface area contributed by atoms with Gasteiger partial charge in [0.05, 0.1) is 6.04 Å². The first kappa shape index (κ1) is 22.7. The fraction of sp³-hybridized carbons (Fsp3) is 0.259. The molecule has 3 N–H and O–H groups in total. The molecule has 33 heavy (non-hydrogen) atoms. The van der Waals surface area contributed by atoms with Crippen molar-refractivity contribution in [2.75, 3.05) is 6.54 Å². The molecule has 0 unspecified atom stereocenters. The van der Waals surface area contributed by atoms with E-state index in [4.69, 9.17) is 0 Å². The van der Waals surface area contributed by atoms with E-state index in [1.807, 2.05) is 84.9 Å². The molecule has 1 heterocycles. The van der Waals surface area contributed by atoms with Crippen molar-refractivity contribution < 1.29 is 19.8 Å². The number of likely N-dealkylation sites (tertiary alicyclic amines) is 1. The van der Waals surface area contributed by atoms with Crippen LogP contribution in [0.1, 0.15) is 30.0 Å². The van der Waals surface area contributed by atoms with Crippen LogP contribution in [0.15, 0.2) is 84.9 Å². The van der Waals surface area contributed by atoms with E-state index < -0.39 is 24.0 Å². The van der Waals surface area contributed by atoms with E-state index in [0.717, 1.165) is 35.1 Å². The summed E-state index contributed by atoms with van der Waals surface area (Å²) in [5.74, 6) is -1.41. The van der Waals surface area contributed by atoms with Crippen molar-refractivity contribution in [1.82, 2.24) is 10.2 Å². The molecular formula is C27H28N2O4. The van der Waals surface area contributed by atoms with Crippen molar-refractivity contribution in [3.05, 3.63) is 96.1 Å². The minimum absolute atomic E-state index is 0.160. The van der Waals surface area contributed by atoms with Gasteiger partial charge in [-0.25, -0.2) is 0 Å². The van der Waals surface area contributed by atoms with Crippen LogP contribution in [0.4, 0.5) is 0 Å². The predicted octanol–water partition coefficient (Wildman–Crippen LogP) is 3.06. The number of aliphatic hydroxyl groups is 2. The Morgan fingerprint density at radius 2 is 1.45 bits per heavy atom. The standard InChI is InChI=1S/C27H28N2O4/c30-24(25(31)27(33)29-17-7-12-23(29)22-10-5-2-6-11-22)26(32)28-18-19-13-15-21(16-14-19)20-8-3-1-4-9-20/h1-6,8-11,13-16,23-25,30-31H,7,12,17-18H2,(H,28,32)/t23-,24-,25-/m1/s1. The number of aliphatic hydroxyl groups excluding tert-OH is 2. The monoisotopic (exact) mass is 444 g/mol. The number of hydrogen-bond donors (Lipinski definition) is 3. The molecule has 0 bridgehead atoms. The van der Waals surface area contributed by atoms with Crippen molar-refractivity contribution in [3.63, 3.8) is 0 Å². The molecule has 6 heteroatoms. The molecule has 0 spiro atoms. The minimum atomic E-state index is -1.84. The Bertz CT molecular complexity index is 1070. The second kappa shape index (κ2) is 10.4. The highest BCUT2D eigenvalue weighted by Crippen LogP contribution is 2.32. The Morgan fingerprint density at radius 1 is 0.848 bits per heavy atom. The third kappa shape index (κ3) is 5.30. The maximum Gasteiger partial charge on any atom is 0.255 e. The average Bonchev–Trinajstić information content (AvgIpc) is 3.37. The number of nitrogens with zero attached hydrogens (tertiary/aromatic N) is 1. The van der Waals surface area contributed by atoms with Gasteiger partial charge in [0, 0.05) is 13.1 Å². The quantitative estimate of drug-likeness (QED) is 0.523. The number of benzene rings is 3. The molecule has 0 radical (unpaired) electrons. The average molecular weight is 445 g/mol. The first-order valence-corrected chi connectivity index (χ1v) is 11.2. The second-order valence-electron chi connectivity index (χ2n) is 8.27. The van der Waals surface area contributed by atoms with Crippen molar-refractivity contribution in [2.24, 2.45) is 0 Å². The fourth-order valence-corrected chi connectivity index (χ4v) is 4.24. The van der Waals surface area contributed by atoms with E-state index in [1.165, 1.54) is 0 Å². The summed E-state index contributed by atoms with van der Waals surface area (Å²) in [5.41, 5.74) is 3.99. The third-order valence-corrected chi connectivity index (χ3v) is 6.07. The number of hydrogen-bond acceptors (Lipinski definition) is 4. The Kier molecular flexibility index (Phi) is 7.17. The topological polar surface area (TPSA) is 89.9 Å². The zero-order valence-electron chi connectivity index (χ0n) is 18.3. The van der Waals surface area contributed by atoms with Gasteiger partial charge >= 0.3 is 0 Å². The number of amides is 2. The van der Waals surface area contributed by atoms with Crippen LogP contribution < -0.4 is 5.32 Å². The highest BCUT2D eigenvalue weighted by atomic mass is 16.3. The minimum Gasteiger partial charge on any atom is -0.380 e. The smallest absolute Gasteiger partial charge is 0.255 e. The van der Waals surface area contributed by atoms with Gasteiger partial charge in [0.15, 0.2) is 12.2 Å². The number of carbonyl (C=O) groups excluding carboxylic acids is 2.